The third-order valence-electron chi connectivity index (χ3n) is 1.65. The highest BCUT2D eigenvalue weighted by atomic mass is 19.1. The van der Waals surface area contributed by atoms with Crippen LogP contribution in [0.2, 0.25) is 0 Å². The summed E-state index contributed by atoms with van der Waals surface area (Å²) < 4.78 is 12.6. The molecule has 2 nitrogen and oxygen atoms in total. The number of pyridine rings is 1. The Labute approximate surface area is 71.6 Å². The van der Waals surface area contributed by atoms with E-state index in [0.29, 0.717) is 0 Å². The maximum Gasteiger partial charge on any atom is 0.141 e. The van der Waals surface area contributed by atoms with Crippen LogP contribution < -0.4 is 5.73 Å². The second kappa shape index (κ2) is 4.16. The molecule has 0 bridgehead atoms. The van der Waals surface area contributed by atoms with Crippen LogP contribution in [0.4, 0.5) is 4.39 Å². The second-order valence-electron chi connectivity index (χ2n) is 3.03. The molecule has 0 saturated heterocycles. The zero-order valence-corrected chi connectivity index (χ0v) is 7.13. The Morgan fingerprint density at radius 2 is 2.33 bits per heavy atom. The van der Waals surface area contributed by atoms with E-state index in [4.69, 9.17) is 5.73 Å². The lowest BCUT2D eigenvalue weighted by molar-refractivity contribution is 0.612. The SMILES string of the molecule is CC(N)CCc1cncc(F)c1. The van der Waals surface area contributed by atoms with Gasteiger partial charge in [-0.15, -0.1) is 0 Å². The Morgan fingerprint density at radius 1 is 1.58 bits per heavy atom. The van der Waals surface area contributed by atoms with Gasteiger partial charge in [0.2, 0.25) is 0 Å². The number of nitrogens with zero attached hydrogens (tertiary/aromatic N) is 1. The summed E-state index contributed by atoms with van der Waals surface area (Å²) >= 11 is 0. The predicted octanol–water partition coefficient (Wildman–Crippen LogP) is 1.50. The van der Waals surface area contributed by atoms with Gasteiger partial charge < -0.3 is 5.73 Å². The molecule has 1 aromatic heterocycles. The van der Waals surface area contributed by atoms with E-state index in [-0.39, 0.29) is 11.9 Å². The first-order chi connectivity index (χ1) is 5.68. The number of rotatable bonds is 3. The Bertz CT molecular complexity index is 248. The molecular formula is C9H13FN2. The van der Waals surface area contributed by atoms with Crippen LogP contribution in [0.25, 0.3) is 0 Å². The van der Waals surface area contributed by atoms with Gasteiger partial charge in [-0.05, 0) is 31.4 Å². The molecule has 0 amide bonds. The van der Waals surface area contributed by atoms with Gasteiger partial charge in [-0.2, -0.15) is 0 Å². The van der Waals surface area contributed by atoms with Crippen LogP contribution in [0.3, 0.4) is 0 Å². The van der Waals surface area contributed by atoms with E-state index in [9.17, 15) is 4.39 Å². The van der Waals surface area contributed by atoms with Crippen LogP contribution in [0.15, 0.2) is 18.5 Å². The summed E-state index contributed by atoms with van der Waals surface area (Å²) in [6, 6.07) is 1.66. The van der Waals surface area contributed by atoms with E-state index in [1.165, 1.54) is 12.3 Å². The summed E-state index contributed by atoms with van der Waals surface area (Å²) in [7, 11) is 0. The van der Waals surface area contributed by atoms with Gasteiger partial charge in [0.25, 0.3) is 0 Å². The number of aromatic nitrogens is 1. The van der Waals surface area contributed by atoms with Crippen molar-refractivity contribution in [3.63, 3.8) is 0 Å². The summed E-state index contributed by atoms with van der Waals surface area (Å²) in [6.45, 7) is 1.94. The number of nitrogens with two attached hydrogens (primary N) is 1. The number of hydrogen-bond donors (Lipinski definition) is 1. The molecule has 0 fully saturated rings. The van der Waals surface area contributed by atoms with Crippen molar-refractivity contribution in [3.05, 3.63) is 29.8 Å². The molecular weight excluding hydrogens is 155 g/mol. The van der Waals surface area contributed by atoms with Crippen LogP contribution in [0, 0.1) is 5.82 Å². The first-order valence-corrected chi connectivity index (χ1v) is 4.03. The standard InChI is InChI=1S/C9H13FN2/c1-7(11)2-3-8-4-9(10)6-12-5-8/h4-7H,2-3,11H2,1H3. The van der Waals surface area contributed by atoms with E-state index in [2.05, 4.69) is 4.98 Å². The molecule has 66 valence electrons. The molecule has 1 heterocycles. The van der Waals surface area contributed by atoms with Crippen molar-refractivity contribution in [2.24, 2.45) is 5.73 Å². The van der Waals surface area contributed by atoms with Gasteiger partial charge in [0.1, 0.15) is 5.82 Å². The van der Waals surface area contributed by atoms with Crippen molar-refractivity contribution in [1.82, 2.24) is 4.98 Å². The zero-order valence-electron chi connectivity index (χ0n) is 7.13. The molecule has 0 aromatic carbocycles. The smallest absolute Gasteiger partial charge is 0.141 e. The molecule has 0 saturated carbocycles. The number of halogens is 1. The maximum atomic E-state index is 12.6. The zero-order chi connectivity index (χ0) is 8.97. The van der Waals surface area contributed by atoms with Crippen molar-refractivity contribution in [2.75, 3.05) is 0 Å². The molecule has 12 heavy (non-hydrogen) atoms. The largest absolute Gasteiger partial charge is 0.328 e. The Morgan fingerprint density at radius 3 is 2.92 bits per heavy atom. The average molecular weight is 168 g/mol. The van der Waals surface area contributed by atoms with Crippen LogP contribution in [0.5, 0.6) is 0 Å². The third-order valence-corrected chi connectivity index (χ3v) is 1.65. The highest BCUT2D eigenvalue weighted by Gasteiger charge is 1.98. The summed E-state index contributed by atoms with van der Waals surface area (Å²) in [5.41, 5.74) is 6.47. The summed E-state index contributed by atoms with van der Waals surface area (Å²) in [5, 5.41) is 0. The van der Waals surface area contributed by atoms with Crippen LogP contribution in [0.1, 0.15) is 18.9 Å². The van der Waals surface area contributed by atoms with Crippen molar-refractivity contribution >= 4 is 0 Å². The van der Waals surface area contributed by atoms with Gasteiger partial charge in [-0.25, -0.2) is 4.39 Å². The molecule has 1 atom stereocenters. The fourth-order valence-corrected chi connectivity index (χ4v) is 0.987. The molecule has 0 aliphatic carbocycles. The number of aryl methyl sites for hydroxylation is 1. The number of hydrogen-bond acceptors (Lipinski definition) is 2. The van der Waals surface area contributed by atoms with Crippen molar-refractivity contribution < 1.29 is 4.39 Å². The van der Waals surface area contributed by atoms with E-state index in [1.807, 2.05) is 6.92 Å². The highest BCUT2D eigenvalue weighted by molar-refractivity contribution is 5.10. The van der Waals surface area contributed by atoms with Crippen LogP contribution in [-0.2, 0) is 6.42 Å². The van der Waals surface area contributed by atoms with Gasteiger partial charge in [0, 0.05) is 12.2 Å². The first kappa shape index (κ1) is 9.13. The fraction of sp³-hybridized carbons (Fsp3) is 0.444. The summed E-state index contributed by atoms with van der Waals surface area (Å²) in [5.74, 6) is -0.280. The van der Waals surface area contributed by atoms with E-state index >= 15 is 0 Å². The van der Waals surface area contributed by atoms with Crippen molar-refractivity contribution in [2.45, 2.75) is 25.8 Å². The average Bonchev–Trinajstić information content (AvgIpc) is 2.01. The van der Waals surface area contributed by atoms with Gasteiger partial charge in [0.15, 0.2) is 0 Å². The molecule has 0 radical (unpaired) electrons. The minimum Gasteiger partial charge on any atom is -0.328 e. The van der Waals surface area contributed by atoms with Gasteiger partial charge in [0.05, 0.1) is 6.20 Å². The van der Waals surface area contributed by atoms with Crippen molar-refractivity contribution in [1.29, 1.82) is 0 Å². The van der Waals surface area contributed by atoms with Crippen LogP contribution in [-0.4, -0.2) is 11.0 Å². The topological polar surface area (TPSA) is 38.9 Å². The van der Waals surface area contributed by atoms with E-state index in [1.54, 1.807) is 6.20 Å². The molecule has 1 rings (SSSR count). The lowest BCUT2D eigenvalue weighted by Gasteiger charge is -2.03. The van der Waals surface area contributed by atoms with E-state index < -0.39 is 0 Å². The van der Waals surface area contributed by atoms with Crippen molar-refractivity contribution in [3.8, 4) is 0 Å². The monoisotopic (exact) mass is 168 g/mol. The maximum absolute atomic E-state index is 12.6. The van der Waals surface area contributed by atoms with Crippen LogP contribution >= 0.6 is 0 Å². The second-order valence-corrected chi connectivity index (χ2v) is 3.03. The lowest BCUT2D eigenvalue weighted by Crippen LogP contribution is -2.15. The molecule has 2 N–H and O–H groups in total. The molecule has 0 spiro atoms. The Hall–Kier alpha value is -0.960. The molecule has 1 aromatic rings. The fourth-order valence-electron chi connectivity index (χ4n) is 0.987. The minimum absolute atomic E-state index is 0.160. The molecule has 1 unspecified atom stereocenters. The summed E-state index contributed by atoms with van der Waals surface area (Å²) in [6.07, 6.45) is 4.54. The minimum atomic E-state index is -0.280. The molecule has 0 aliphatic heterocycles. The van der Waals surface area contributed by atoms with Gasteiger partial charge >= 0.3 is 0 Å². The van der Waals surface area contributed by atoms with Gasteiger partial charge in [-0.1, -0.05) is 0 Å². The Kier molecular flexibility index (Phi) is 3.17. The normalized spacial score (nSPS) is 12.9. The Balaban J connectivity index is 2.52. The first-order valence-electron chi connectivity index (χ1n) is 4.03. The quantitative estimate of drug-likeness (QED) is 0.742. The van der Waals surface area contributed by atoms with Gasteiger partial charge in [-0.3, -0.25) is 4.98 Å². The third kappa shape index (κ3) is 2.96. The van der Waals surface area contributed by atoms with E-state index in [0.717, 1.165) is 18.4 Å². The molecule has 0 aliphatic rings. The highest BCUT2D eigenvalue weighted by Crippen LogP contribution is 2.04. The predicted molar refractivity (Wildman–Crippen MR) is 46.2 cm³/mol. The molecule has 3 heteroatoms. The summed E-state index contributed by atoms with van der Waals surface area (Å²) in [4.78, 5) is 3.75. The lowest BCUT2D eigenvalue weighted by atomic mass is 10.1.